The van der Waals surface area contributed by atoms with Crippen LogP contribution in [0.4, 0.5) is 0 Å². The number of hydrogen-bond acceptors (Lipinski definition) is 2. The maximum Gasteiger partial charge on any atom is 0.0125 e. The Bertz CT molecular complexity index is 253. The molecular formula is C17H34N2. The maximum absolute atomic E-state index is 3.95. The molecule has 112 valence electrons. The van der Waals surface area contributed by atoms with E-state index in [9.17, 15) is 0 Å². The lowest BCUT2D eigenvalue weighted by Crippen LogP contribution is -2.51. The van der Waals surface area contributed by atoms with Crippen molar-refractivity contribution in [2.75, 3.05) is 13.1 Å². The van der Waals surface area contributed by atoms with Gasteiger partial charge in [-0.2, -0.15) is 0 Å². The van der Waals surface area contributed by atoms with Crippen LogP contribution in [0.5, 0.6) is 0 Å². The number of nitrogens with one attached hydrogen (secondary N) is 1. The van der Waals surface area contributed by atoms with Gasteiger partial charge in [-0.05, 0) is 65.2 Å². The lowest BCUT2D eigenvalue weighted by atomic mass is 9.84. The molecule has 0 aromatic carbocycles. The van der Waals surface area contributed by atoms with Gasteiger partial charge >= 0.3 is 0 Å². The van der Waals surface area contributed by atoms with E-state index in [-0.39, 0.29) is 0 Å². The van der Waals surface area contributed by atoms with E-state index in [0.717, 1.165) is 18.0 Å². The van der Waals surface area contributed by atoms with Crippen LogP contribution in [0.2, 0.25) is 0 Å². The second kappa shape index (κ2) is 6.58. The number of nitrogens with zero attached hydrogens (tertiary/aromatic N) is 1. The van der Waals surface area contributed by atoms with Crippen LogP contribution in [0.25, 0.3) is 0 Å². The lowest BCUT2D eigenvalue weighted by Gasteiger charge is -2.42. The van der Waals surface area contributed by atoms with Crippen LogP contribution >= 0.6 is 0 Å². The minimum atomic E-state index is 0.351. The van der Waals surface area contributed by atoms with Crippen LogP contribution < -0.4 is 5.32 Å². The van der Waals surface area contributed by atoms with Gasteiger partial charge in [-0.15, -0.1) is 0 Å². The van der Waals surface area contributed by atoms with Crippen molar-refractivity contribution in [2.24, 2.45) is 5.92 Å². The molecule has 2 fully saturated rings. The van der Waals surface area contributed by atoms with Crippen molar-refractivity contribution in [3.05, 3.63) is 0 Å². The van der Waals surface area contributed by atoms with Crippen molar-refractivity contribution in [2.45, 2.75) is 90.3 Å². The molecule has 0 atom stereocenters. The summed E-state index contributed by atoms with van der Waals surface area (Å²) in [7, 11) is 0. The molecular weight excluding hydrogens is 232 g/mol. The molecule has 1 N–H and O–H groups in total. The van der Waals surface area contributed by atoms with Crippen LogP contribution in [-0.4, -0.2) is 35.6 Å². The van der Waals surface area contributed by atoms with E-state index in [1.54, 1.807) is 0 Å². The highest BCUT2D eigenvalue weighted by Gasteiger charge is 2.28. The van der Waals surface area contributed by atoms with E-state index >= 15 is 0 Å². The van der Waals surface area contributed by atoms with E-state index < -0.39 is 0 Å². The maximum atomic E-state index is 3.95. The minimum Gasteiger partial charge on any atom is -0.311 e. The predicted molar refractivity (Wildman–Crippen MR) is 83.5 cm³/mol. The monoisotopic (exact) mass is 266 g/mol. The van der Waals surface area contributed by atoms with Crippen LogP contribution in [0.1, 0.15) is 72.6 Å². The molecule has 1 aliphatic heterocycles. The zero-order valence-electron chi connectivity index (χ0n) is 13.5. The molecule has 0 amide bonds. The van der Waals surface area contributed by atoms with E-state index in [2.05, 4.69) is 37.9 Å². The van der Waals surface area contributed by atoms with Crippen molar-refractivity contribution >= 4 is 0 Å². The summed E-state index contributed by atoms with van der Waals surface area (Å²) >= 11 is 0. The highest BCUT2D eigenvalue weighted by Crippen LogP contribution is 2.28. The Labute approximate surface area is 120 Å². The SMILES string of the molecule is CCC1CCC(NC2CCN(C(C)(C)C)CC2)CC1. The first-order valence-electron chi connectivity index (χ1n) is 8.50. The lowest BCUT2D eigenvalue weighted by molar-refractivity contribution is 0.0912. The van der Waals surface area contributed by atoms with Gasteiger partial charge in [0.2, 0.25) is 0 Å². The Morgan fingerprint density at radius 1 is 0.895 bits per heavy atom. The molecule has 2 aliphatic rings. The average molecular weight is 266 g/mol. The third kappa shape index (κ3) is 4.46. The summed E-state index contributed by atoms with van der Waals surface area (Å²) in [6.07, 6.45) is 9.80. The third-order valence-corrected chi connectivity index (χ3v) is 5.34. The Morgan fingerprint density at radius 2 is 1.42 bits per heavy atom. The van der Waals surface area contributed by atoms with E-state index in [1.165, 1.54) is 58.0 Å². The van der Waals surface area contributed by atoms with Crippen LogP contribution in [-0.2, 0) is 0 Å². The van der Waals surface area contributed by atoms with Gasteiger partial charge in [-0.3, -0.25) is 4.90 Å². The van der Waals surface area contributed by atoms with Gasteiger partial charge in [0.05, 0.1) is 0 Å². The normalized spacial score (nSPS) is 31.6. The van der Waals surface area contributed by atoms with Crippen LogP contribution in [0, 0.1) is 5.92 Å². The standard InChI is InChI=1S/C17H34N2/c1-5-14-6-8-15(9-7-14)18-16-10-12-19(13-11-16)17(2,3)4/h14-16,18H,5-13H2,1-4H3. The summed E-state index contributed by atoms with van der Waals surface area (Å²) in [6.45, 7) is 11.9. The first-order valence-corrected chi connectivity index (χ1v) is 8.50. The van der Waals surface area contributed by atoms with Gasteiger partial charge in [0.1, 0.15) is 0 Å². The number of hydrogen-bond donors (Lipinski definition) is 1. The zero-order chi connectivity index (χ0) is 13.9. The quantitative estimate of drug-likeness (QED) is 0.835. The fourth-order valence-electron chi connectivity index (χ4n) is 3.79. The van der Waals surface area contributed by atoms with Gasteiger partial charge in [0.25, 0.3) is 0 Å². The smallest absolute Gasteiger partial charge is 0.0125 e. The second-order valence-corrected chi connectivity index (χ2v) is 7.72. The van der Waals surface area contributed by atoms with Crippen molar-refractivity contribution < 1.29 is 0 Å². The predicted octanol–water partition coefficient (Wildman–Crippen LogP) is 3.81. The molecule has 1 aliphatic carbocycles. The molecule has 0 spiro atoms. The third-order valence-electron chi connectivity index (χ3n) is 5.34. The van der Waals surface area contributed by atoms with Crippen molar-refractivity contribution in [1.29, 1.82) is 0 Å². The zero-order valence-corrected chi connectivity index (χ0v) is 13.5. The molecule has 2 nitrogen and oxygen atoms in total. The summed E-state index contributed by atoms with van der Waals surface area (Å²) in [4.78, 5) is 2.64. The largest absolute Gasteiger partial charge is 0.311 e. The molecule has 1 heterocycles. The molecule has 2 rings (SSSR count). The fraction of sp³-hybridized carbons (Fsp3) is 1.00. The first kappa shape index (κ1) is 15.3. The summed E-state index contributed by atoms with van der Waals surface area (Å²) in [5.41, 5.74) is 0.351. The van der Waals surface area contributed by atoms with Crippen molar-refractivity contribution in [1.82, 2.24) is 10.2 Å². The van der Waals surface area contributed by atoms with Gasteiger partial charge in [0, 0.05) is 30.7 Å². The summed E-state index contributed by atoms with van der Waals surface area (Å²) in [6, 6.07) is 1.59. The molecule has 2 heteroatoms. The highest BCUT2D eigenvalue weighted by molar-refractivity contribution is 4.87. The van der Waals surface area contributed by atoms with Gasteiger partial charge in [0.15, 0.2) is 0 Å². The van der Waals surface area contributed by atoms with E-state index in [0.29, 0.717) is 5.54 Å². The van der Waals surface area contributed by atoms with Gasteiger partial charge < -0.3 is 5.32 Å². The molecule has 1 saturated heterocycles. The molecule has 0 aromatic rings. The Hall–Kier alpha value is -0.0800. The summed E-state index contributed by atoms with van der Waals surface area (Å²) in [5.74, 6) is 1.01. The number of rotatable bonds is 3. The fourth-order valence-corrected chi connectivity index (χ4v) is 3.79. The first-order chi connectivity index (χ1) is 8.99. The summed E-state index contributed by atoms with van der Waals surface area (Å²) < 4.78 is 0. The average Bonchev–Trinajstić information content (AvgIpc) is 2.39. The molecule has 0 aromatic heterocycles. The highest BCUT2D eigenvalue weighted by atomic mass is 15.2. The molecule has 0 bridgehead atoms. The molecule has 19 heavy (non-hydrogen) atoms. The van der Waals surface area contributed by atoms with Crippen LogP contribution in [0.3, 0.4) is 0 Å². The molecule has 0 radical (unpaired) electrons. The van der Waals surface area contributed by atoms with E-state index in [4.69, 9.17) is 0 Å². The number of piperidine rings is 1. The second-order valence-electron chi connectivity index (χ2n) is 7.72. The van der Waals surface area contributed by atoms with Gasteiger partial charge in [-0.25, -0.2) is 0 Å². The van der Waals surface area contributed by atoms with Crippen molar-refractivity contribution in [3.8, 4) is 0 Å². The summed E-state index contributed by atoms with van der Waals surface area (Å²) in [5, 5.41) is 3.95. The topological polar surface area (TPSA) is 15.3 Å². The minimum absolute atomic E-state index is 0.351. The van der Waals surface area contributed by atoms with Crippen molar-refractivity contribution in [3.63, 3.8) is 0 Å². The van der Waals surface area contributed by atoms with Gasteiger partial charge in [-0.1, -0.05) is 13.3 Å². The Balaban J connectivity index is 1.69. The Kier molecular flexibility index (Phi) is 5.30. The van der Waals surface area contributed by atoms with Crippen LogP contribution in [0.15, 0.2) is 0 Å². The molecule has 0 unspecified atom stereocenters. The van der Waals surface area contributed by atoms with E-state index in [1.807, 2.05) is 0 Å². The Morgan fingerprint density at radius 3 is 1.89 bits per heavy atom. The number of likely N-dealkylation sites (tertiary alicyclic amines) is 1. The molecule has 1 saturated carbocycles.